The summed E-state index contributed by atoms with van der Waals surface area (Å²) in [6, 6.07) is 7.10. The fourth-order valence-electron chi connectivity index (χ4n) is 3.30. The zero-order valence-electron chi connectivity index (χ0n) is 17.1. The summed E-state index contributed by atoms with van der Waals surface area (Å²) in [6.07, 6.45) is 3.23. The van der Waals surface area contributed by atoms with Crippen molar-refractivity contribution >= 4 is 81.4 Å². The highest BCUT2D eigenvalue weighted by Gasteiger charge is 2.28. The van der Waals surface area contributed by atoms with E-state index in [2.05, 4.69) is 15.9 Å². The molecule has 14 heteroatoms. The number of thioether (sulfide) groups is 1. The molecule has 9 nitrogen and oxygen atoms in total. The first-order chi connectivity index (χ1) is 15.3. The van der Waals surface area contributed by atoms with Gasteiger partial charge in [-0.25, -0.2) is 16.8 Å². The van der Waals surface area contributed by atoms with E-state index in [1.165, 1.54) is 32.6 Å². The molecule has 33 heavy (non-hydrogen) atoms. The second kappa shape index (κ2) is 8.83. The first kappa shape index (κ1) is 24.4. The van der Waals surface area contributed by atoms with Crippen LogP contribution in [0.15, 0.2) is 54.7 Å². The molecule has 1 aromatic carbocycles. The van der Waals surface area contributed by atoms with E-state index in [0.717, 1.165) is 14.2 Å². The number of allylic oxidation sites excluding steroid dienone is 2. The summed E-state index contributed by atoms with van der Waals surface area (Å²) in [7, 11) is -9.15. The molecule has 0 bridgehead atoms. The molecule has 2 aromatic heterocycles. The van der Waals surface area contributed by atoms with Gasteiger partial charge in [-0.1, -0.05) is 39.0 Å². The van der Waals surface area contributed by atoms with Crippen LogP contribution in [0.25, 0.3) is 16.5 Å². The average molecular weight is 593 g/mol. The van der Waals surface area contributed by atoms with Gasteiger partial charge in [-0.2, -0.15) is 0 Å². The third-order valence-electron chi connectivity index (χ3n) is 4.50. The van der Waals surface area contributed by atoms with Gasteiger partial charge in [-0.15, -0.1) is 4.57 Å². The highest BCUT2D eigenvalue weighted by molar-refractivity contribution is 9.10. The van der Waals surface area contributed by atoms with Crippen molar-refractivity contribution in [3.8, 4) is 0 Å². The van der Waals surface area contributed by atoms with Gasteiger partial charge in [0.1, 0.15) is 16.0 Å². The molecule has 0 saturated heterocycles. The summed E-state index contributed by atoms with van der Waals surface area (Å²) in [4.78, 5) is 3.61. The smallest absolute Gasteiger partial charge is 0.375 e. The lowest BCUT2D eigenvalue weighted by atomic mass is 10.2. The minimum atomic E-state index is -4.58. The fraction of sp³-hybridized carbons (Fsp3) is 0.211. The Morgan fingerprint density at radius 3 is 2.61 bits per heavy atom. The Labute approximate surface area is 207 Å². The summed E-state index contributed by atoms with van der Waals surface area (Å²) in [5, 5.41) is 0.503. The number of thiophene rings is 1. The summed E-state index contributed by atoms with van der Waals surface area (Å²) in [5.74, 6) is -1.37. The van der Waals surface area contributed by atoms with E-state index in [1.54, 1.807) is 31.2 Å². The Balaban J connectivity index is 1.76. The molecular formula is C19H16BrN2O7S4-. The van der Waals surface area contributed by atoms with Gasteiger partial charge in [0.25, 0.3) is 0 Å². The number of benzene rings is 1. The lowest BCUT2D eigenvalue weighted by Gasteiger charge is -2.22. The standard InChI is InChI=1S/C19H17BrN2O7S4/c1-11(5-17-22(10-33(26,27)28)19-15(29-17)7-12(2)30-19)6-18-21(9-32(23,24)25)14-8-13(20)3-4-16(14)31-18/h3-8H,9-10H2,1-2H3,(H-,23,24,25,26,27,28)/p-1. The van der Waals surface area contributed by atoms with Crippen LogP contribution in [0.4, 0.5) is 5.69 Å². The highest BCUT2D eigenvalue weighted by Crippen LogP contribution is 2.47. The molecule has 3 aromatic rings. The third kappa shape index (κ3) is 5.70. The minimum absolute atomic E-state index is 0.163. The Morgan fingerprint density at radius 1 is 1.21 bits per heavy atom. The molecule has 1 aliphatic heterocycles. The van der Waals surface area contributed by atoms with Crippen LogP contribution in [0.5, 0.6) is 0 Å². The maximum absolute atomic E-state index is 11.5. The molecule has 0 aliphatic carbocycles. The van der Waals surface area contributed by atoms with E-state index in [-0.39, 0.29) is 5.89 Å². The zero-order valence-corrected chi connectivity index (χ0v) is 22.0. The number of hydrogen-bond acceptors (Lipinski definition) is 10. The summed E-state index contributed by atoms with van der Waals surface area (Å²) >= 11 is 5.95. The predicted octanol–water partition coefficient (Wildman–Crippen LogP) is 3.72. The van der Waals surface area contributed by atoms with Crippen LogP contribution in [0.3, 0.4) is 0 Å². The quantitative estimate of drug-likeness (QED) is 0.310. The van der Waals surface area contributed by atoms with Crippen LogP contribution in [-0.2, 0) is 26.1 Å². The van der Waals surface area contributed by atoms with Crippen molar-refractivity contribution in [1.29, 1.82) is 0 Å². The lowest BCUT2D eigenvalue weighted by Crippen LogP contribution is -2.38. The maximum atomic E-state index is 11.5. The van der Waals surface area contributed by atoms with Crippen molar-refractivity contribution in [3.05, 3.63) is 56.2 Å². The fourth-order valence-corrected chi connectivity index (χ4v) is 7.07. The monoisotopic (exact) mass is 591 g/mol. The topological polar surface area (TPSA) is 135 Å². The van der Waals surface area contributed by atoms with Crippen molar-refractivity contribution < 1.29 is 34.9 Å². The second-order valence-corrected chi connectivity index (χ2v) is 13.2. The number of anilines is 1. The Hall–Kier alpha value is -1.68. The molecule has 0 radical (unpaired) electrons. The SMILES string of the molecule is CC(=C/c1oc2cc(C)sc2[n+]1CS(=O)(=O)[O-])/C=C1/Sc2ccc(Br)cc2N1CS(=O)(=O)[O-]. The largest absolute Gasteiger partial charge is 0.747 e. The van der Waals surface area contributed by atoms with Gasteiger partial charge >= 0.3 is 10.7 Å². The maximum Gasteiger partial charge on any atom is 0.375 e. The molecule has 0 atom stereocenters. The Bertz CT molecular complexity index is 1540. The summed E-state index contributed by atoms with van der Waals surface area (Å²) in [5.41, 5.74) is 1.63. The van der Waals surface area contributed by atoms with Gasteiger partial charge in [0, 0.05) is 20.3 Å². The normalized spacial score (nSPS) is 16.2. The highest BCUT2D eigenvalue weighted by atomic mass is 79.9. The molecule has 4 rings (SSSR count). The molecule has 0 fully saturated rings. The first-order valence-electron chi connectivity index (χ1n) is 9.24. The Kier molecular flexibility index (Phi) is 6.54. The van der Waals surface area contributed by atoms with Crippen LogP contribution >= 0.6 is 39.0 Å². The third-order valence-corrected chi connectivity index (χ3v) is 8.31. The molecule has 1 aliphatic rings. The van der Waals surface area contributed by atoms with Crippen molar-refractivity contribution in [3.63, 3.8) is 0 Å². The molecule has 176 valence electrons. The molecular weight excluding hydrogens is 576 g/mol. The zero-order chi connectivity index (χ0) is 24.1. The number of oxazole rings is 1. The summed E-state index contributed by atoms with van der Waals surface area (Å²) in [6.45, 7) is 3.56. The number of halogens is 1. The van der Waals surface area contributed by atoms with Crippen molar-refractivity contribution in [1.82, 2.24) is 0 Å². The molecule has 0 saturated carbocycles. The van der Waals surface area contributed by atoms with Gasteiger partial charge in [-0.3, -0.25) is 0 Å². The van der Waals surface area contributed by atoms with Crippen molar-refractivity contribution in [2.45, 2.75) is 24.6 Å². The second-order valence-electron chi connectivity index (χ2n) is 7.28. The van der Waals surface area contributed by atoms with E-state index < -0.39 is 32.0 Å². The Morgan fingerprint density at radius 2 is 1.94 bits per heavy atom. The van der Waals surface area contributed by atoms with Gasteiger partial charge in [-0.05, 0) is 43.7 Å². The molecule has 0 unspecified atom stereocenters. The number of rotatable bonds is 6. The molecule has 0 N–H and O–H groups in total. The van der Waals surface area contributed by atoms with E-state index in [9.17, 15) is 25.9 Å². The lowest BCUT2D eigenvalue weighted by molar-refractivity contribution is -0.656. The number of nitrogens with zero attached hydrogens (tertiary/aromatic N) is 2. The summed E-state index contributed by atoms with van der Waals surface area (Å²) < 4.78 is 76.7. The van der Waals surface area contributed by atoms with Crippen LogP contribution in [0, 0.1) is 6.92 Å². The van der Waals surface area contributed by atoms with Gasteiger partial charge in [0.2, 0.25) is 11.5 Å². The predicted molar refractivity (Wildman–Crippen MR) is 127 cm³/mol. The van der Waals surface area contributed by atoms with E-state index in [4.69, 9.17) is 4.42 Å². The number of aromatic nitrogens is 1. The van der Waals surface area contributed by atoms with Crippen LogP contribution in [-0.4, -0.2) is 31.8 Å². The van der Waals surface area contributed by atoms with Crippen LogP contribution in [0.1, 0.15) is 17.7 Å². The van der Waals surface area contributed by atoms with Gasteiger partial charge in [0.05, 0.1) is 16.8 Å². The van der Waals surface area contributed by atoms with Crippen LogP contribution in [0.2, 0.25) is 0 Å². The minimum Gasteiger partial charge on any atom is -0.747 e. The molecule has 0 amide bonds. The van der Waals surface area contributed by atoms with E-state index >= 15 is 0 Å². The van der Waals surface area contributed by atoms with Gasteiger partial charge < -0.3 is 18.4 Å². The first-order valence-corrected chi connectivity index (χ1v) is 14.8. The van der Waals surface area contributed by atoms with E-state index in [0.29, 0.717) is 26.7 Å². The van der Waals surface area contributed by atoms with Crippen molar-refractivity contribution in [2.24, 2.45) is 0 Å². The number of aryl methyl sites for hydroxylation is 1. The molecule has 3 heterocycles. The van der Waals surface area contributed by atoms with Crippen molar-refractivity contribution in [2.75, 3.05) is 10.8 Å². The average Bonchev–Trinajstić information content (AvgIpc) is 3.26. The number of hydrogen-bond donors (Lipinski definition) is 0. The van der Waals surface area contributed by atoms with E-state index in [1.807, 2.05) is 19.1 Å². The molecule has 0 spiro atoms. The van der Waals surface area contributed by atoms with Crippen LogP contribution < -0.4 is 9.47 Å². The number of fused-ring (bicyclic) bond motifs is 2. The van der Waals surface area contributed by atoms with Gasteiger partial charge in [0.15, 0.2) is 10.1 Å².